The molecule has 0 radical (unpaired) electrons. The predicted octanol–water partition coefficient (Wildman–Crippen LogP) is 3.07. The second-order valence-electron chi connectivity index (χ2n) is 3.74. The van der Waals surface area contributed by atoms with Crippen molar-refractivity contribution in [3.63, 3.8) is 0 Å². The van der Waals surface area contributed by atoms with Gasteiger partial charge in [-0.25, -0.2) is 4.79 Å². The van der Waals surface area contributed by atoms with E-state index in [0.717, 1.165) is 14.9 Å². The summed E-state index contributed by atoms with van der Waals surface area (Å²) >= 11 is 3.17. The SMILES string of the molecule is O=C(COc1ccsc1C(=O)O)Nc1ccccc1I. The second kappa shape index (κ2) is 6.71. The Morgan fingerprint density at radius 2 is 2.05 bits per heavy atom. The van der Waals surface area contributed by atoms with Gasteiger partial charge >= 0.3 is 5.97 Å². The van der Waals surface area contributed by atoms with Gasteiger partial charge < -0.3 is 15.2 Å². The summed E-state index contributed by atoms with van der Waals surface area (Å²) in [6.45, 7) is -0.234. The van der Waals surface area contributed by atoms with E-state index in [1.54, 1.807) is 11.4 Å². The molecule has 2 aromatic rings. The second-order valence-corrected chi connectivity index (χ2v) is 5.81. The third kappa shape index (κ3) is 3.70. The third-order valence-corrected chi connectivity index (χ3v) is 4.15. The van der Waals surface area contributed by atoms with Gasteiger partial charge in [0.2, 0.25) is 0 Å². The van der Waals surface area contributed by atoms with Gasteiger partial charge in [-0.05, 0) is 46.2 Å². The number of carboxylic acid groups (broad SMARTS) is 1. The molecule has 2 rings (SSSR count). The Labute approximate surface area is 132 Å². The van der Waals surface area contributed by atoms with E-state index in [2.05, 4.69) is 27.9 Å². The van der Waals surface area contributed by atoms with Crippen molar-refractivity contribution in [1.82, 2.24) is 0 Å². The zero-order chi connectivity index (χ0) is 14.5. The van der Waals surface area contributed by atoms with E-state index in [4.69, 9.17) is 9.84 Å². The molecular formula is C13H10INO4S. The average molecular weight is 403 g/mol. The molecule has 7 heteroatoms. The third-order valence-electron chi connectivity index (χ3n) is 2.33. The first-order valence-corrected chi connectivity index (χ1v) is 7.51. The summed E-state index contributed by atoms with van der Waals surface area (Å²) in [4.78, 5) is 22.7. The van der Waals surface area contributed by atoms with Gasteiger partial charge in [-0.15, -0.1) is 11.3 Å². The van der Waals surface area contributed by atoms with Crippen molar-refractivity contribution in [2.75, 3.05) is 11.9 Å². The van der Waals surface area contributed by atoms with Gasteiger partial charge in [0, 0.05) is 3.57 Å². The van der Waals surface area contributed by atoms with E-state index in [1.807, 2.05) is 18.2 Å². The van der Waals surface area contributed by atoms with Crippen LogP contribution < -0.4 is 10.1 Å². The van der Waals surface area contributed by atoms with Crippen molar-refractivity contribution in [3.05, 3.63) is 44.2 Å². The van der Waals surface area contributed by atoms with Gasteiger partial charge in [-0.2, -0.15) is 0 Å². The van der Waals surface area contributed by atoms with Gasteiger partial charge in [0.15, 0.2) is 11.5 Å². The Kier molecular flexibility index (Phi) is 4.96. The molecule has 0 spiro atoms. The molecule has 0 unspecified atom stereocenters. The van der Waals surface area contributed by atoms with Crippen LogP contribution in [0.2, 0.25) is 0 Å². The number of amides is 1. The summed E-state index contributed by atoms with van der Waals surface area (Å²) in [5, 5.41) is 13.2. The molecule has 0 aliphatic carbocycles. The first-order chi connectivity index (χ1) is 9.58. The molecule has 0 saturated heterocycles. The lowest BCUT2D eigenvalue weighted by Gasteiger charge is -2.08. The number of carbonyl (C=O) groups excluding carboxylic acids is 1. The lowest BCUT2D eigenvalue weighted by molar-refractivity contribution is -0.118. The maximum absolute atomic E-state index is 11.8. The monoisotopic (exact) mass is 403 g/mol. The molecule has 0 bridgehead atoms. The number of ether oxygens (including phenoxy) is 1. The zero-order valence-electron chi connectivity index (χ0n) is 10.1. The fraction of sp³-hybridized carbons (Fsp3) is 0.0769. The molecule has 1 aromatic heterocycles. The number of hydrogen-bond acceptors (Lipinski definition) is 4. The molecule has 104 valence electrons. The van der Waals surface area contributed by atoms with Crippen LogP contribution in [-0.4, -0.2) is 23.6 Å². The van der Waals surface area contributed by atoms with Crippen LogP contribution in [0, 0.1) is 3.57 Å². The summed E-state index contributed by atoms with van der Waals surface area (Å²) < 4.78 is 6.14. The lowest BCUT2D eigenvalue weighted by Crippen LogP contribution is -2.21. The Morgan fingerprint density at radius 3 is 2.75 bits per heavy atom. The molecule has 0 saturated carbocycles. The number of aromatic carboxylic acids is 1. The Morgan fingerprint density at radius 1 is 1.30 bits per heavy atom. The van der Waals surface area contributed by atoms with Crippen molar-refractivity contribution >= 4 is 51.5 Å². The average Bonchev–Trinajstić information content (AvgIpc) is 2.88. The maximum atomic E-state index is 11.8. The standard InChI is InChI=1S/C13H10INO4S/c14-8-3-1-2-4-9(8)15-11(16)7-19-10-5-6-20-12(10)13(17)18/h1-6H,7H2,(H,15,16)(H,17,18). The molecule has 0 fully saturated rings. The largest absolute Gasteiger partial charge is 0.482 e. The molecule has 0 aliphatic heterocycles. The number of benzene rings is 1. The minimum absolute atomic E-state index is 0.0899. The molecule has 0 aliphatic rings. The summed E-state index contributed by atoms with van der Waals surface area (Å²) in [7, 11) is 0. The highest BCUT2D eigenvalue weighted by molar-refractivity contribution is 14.1. The number of nitrogens with one attached hydrogen (secondary N) is 1. The van der Waals surface area contributed by atoms with Gasteiger partial charge in [-0.3, -0.25) is 4.79 Å². The summed E-state index contributed by atoms with van der Waals surface area (Å²) in [5.41, 5.74) is 0.700. The van der Waals surface area contributed by atoms with Crippen LogP contribution in [0.25, 0.3) is 0 Å². The van der Waals surface area contributed by atoms with Crippen LogP contribution in [0.1, 0.15) is 9.67 Å². The first kappa shape index (κ1) is 14.8. The molecule has 5 nitrogen and oxygen atoms in total. The smallest absolute Gasteiger partial charge is 0.349 e. The fourth-order valence-electron chi connectivity index (χ4n) is 1.46. The molecule has 1 heterocycles. The highest BCUT2D eigenvalue weighted by Crippen LogP contribution is 2.24. The van der Waals surface area contributed by atoms with Crippen molar-refractivity contribution < 1.29 is 19.4 Å². The molecule has 0 atom stereocenters. The summed E-state index contributed by atoms with van der Waals surface area (Å²) in [5.74, 6) is -1.19. The number of hydrogen-bond donors (Lipinski definition) is 2. The van der Waals surface area contributed by atoms with Gasteiger partial charge in [0.25, 0.3) is 5.91 Å². The number of rotatable bonds is 5. The number of halogens is 1. The van der Waals surface area contributed by atoms with E-state index in [1.165, 1.54) is 6.07 Å². The fourth-order valence-corrected chi connectivity index (χ4v) is 2.65. The topological polar surface area (TPSA) is 75.6 Å². The summed E-state index contributed by atoms with van der Waals surface area (Å²) in [6.07, 6.45) is 0. The van der Waals surface area contributed by atoms with Crippen molar-refractivity contribution in [3.8, 4) is 5.75 Å². The van der Waals surface area contributed by atoms with Crippen molar-refractivity contribution in [1.29, 1.82) is 0 Å². The van der Waals surface area contributed by atoms with Crippen LogP contribution in [0.3, 0.4) is 0 Å². The quantitative estimate of drug-likeness (QED) is 0.753. The molecule has 20 heavy (non-hydrogen) atoms. The predicted molar refractivity (Wildman–Crippen MR) is 84.6 cm³/mol. The zero-order valence-corrected chi connectivity index (χ0v) is 13.1. The van der Waals surface area contributed by atoms with Crippen molar-refractivity contribution in [2.45, 2.75) is 0 Å². The van der Waals surface area contributed by atoms with Crippen LogP contribution in [-0.2, 0) is 4.79 Å². The summed E-state index contributed by atoms with van der Waals surface area (Å²) in [6, 6.07) is 8.89. The minimum Gasteiger partial charge on any atom is -0.482 e. The van der Waals surface area contributed by atoms with Gasteiger partial charge in [0.05, 0.1) is 5.69 Å². The normalized spacial score (nSPS) is 10.1. The number of carbonyl (C=O) groups is 2. The lowest BCUT2D eigenvalue weighted by atomic mass is 10.3. The van der Waals surface area contributed by atoms with E-state index in [9.17, 15) is 9.59 Å². The van der Waals surface area contributed by atoms with E-state index in [0.29, 0.717) is 5.69 Å². The number of para-hydroxylation sites is 1. The molecule has 1 aromatic carbocycles. The Bertz CT molecular complexity index is 641. The minimum atomic E-state index is -1.06. The Balaban J connectivity index is 1.94. The molecular weight excluding hydrogens is 393 g/mol. The van der Waals surface area contributed by atoms with Crippen LogP contribution in [0.4, 0.5) is 5.69 Å². The maximum Gasteiger partial charge on any atom is 0.349 e. The number of anilines is 1. The van der Waals surface area contributed by atoms with Crippen LogP contribution in [0.5, 0.6) is 5.75 Å². The molecule has 2 N–H and O–H groups in total. The van der Waals surface area contributed by atoms with Gasteiger partial charge in [-0.1, -0.05) is 12.1 Å². The highest BCUT2D eigenvalue weighted by Gasteiger charge is 2.14. The molecule has 1 amide bonds. The Hall–Kier alpha value is -1.61. The first-order valence-electron chi connectivity index (χ1n) is 5.56. The highest BCUT2D eigenvalue weighted by atomic mass is 127. The van der Waals surface area contributed by atoms with Crippen LogP contribution in [0.15, 0.2) is 35.7 Å². The van der Waals surface area contributed by atoms with E-state index >= 15 is 0 Å². The van der Waals surface area contributed by atoms with E-state index in [-0.39, 0.29) is 23.1 Å². The van der Waals surface area contributed by atoms with E-state index < -0.39 is 5.97 Å². The van der Waals surface area contributed by atoms with Crippen LogP contribution >= 0.6 is 33.9 Å². The number of carboxylic acids is 1. The number of thiophene rings is 1. The van der Waals surface area contributed by atoms with Gasteiger partial charge in [0.1, 0.15) is 5.75 Å². The van der Waals surface area contributed by atoms with Crippen molar-refractivity contribution in [2.24, 2.45) is 0 Å².